The molecular formula is C12H16N2O4S. The smallest absolute Gasteiger partial charge is 0.179 e. The van der Waals surface area contributed by atoms with Crippen LogP contribution in [0.1, 0.15) is 5.56 Å². The van der Waals surface area contributed by atoms with Crippen molar-refractivity contribution >= 4 is 9.84 Å². The third-order valence-corrected chi connectivity index (χ3v) is 4.17. The number of benzene rings is 1. The zero-order valence-corrected chi connectivity index (χ0v) is 11.1. The van der Waals surface area contributed by atoms with E-state index in [0.29, 0.717) is 5.56 Å². The zero-order chi connectivity index (χ0) is 14.3. The van der Waals surface area contributed by atoms with Crippen molar-refractivity contribution in [3.63, 3.8) is 0 Å². The Morgan fingerprint density at radius 1 is 1.42 bits per heavy atom. The van der Waals surface area contributed by atoms with Crippen LogP contribution in [0, 0.1) is 11.3 Å². The van der Waals surface area contributed by atoms with E-state index in [2.05, 4.69) is 5.32 Å². The average Bonchev–Trinajstić information content (AvgIpc) is 2.43. The van der Waals surface area contributed by atoms with Gasteiger partial charge in [0.25, 0.3) is 0 Å². The molecule has 0 bridgehead atoms. The van der Waals surface area contributed by atoms with Crippen molar-refractivity contribution in [1.29, 1.82) is 5.26 Å². The second kappa shape index (κ2) is 7.21. The van der Waals surface area contributed by atoms with E-state index in [1.54, 1.807) is 0 Å². The highest BCUT2D eigenvalue weighted by Crippen LogP contribution is 2.12. The summed E-state index contributed by atoms with van der Waals surface area (Å²) in [4.78, 5) is 0.107. The molecule has 0 saturated carbocycles. The van der Waals surface area contributed by atoms with Crippen LogP contribution in [0.5, 0.6) is 0 Å². The molecule has 0 spiro atoms. The van der Waals surface area contributed by atoms with Crippen LogP contribution in [-0.4, -0.2) is 50.2 Å². The van der Waals surface area contributed by atoms with Gasteiger partial charge in [0.15, 0.2) is 9.84 Å². The maximum Gasteiger partial charge on any atom is 0.179 e. The first kappa shape index (κ1) is 15.6. The first-order valence-corrected chi connectivity index (χ1v) is 7.37. The molecule has 0 aliphatic carbocycles. The molecule has 1 aromatic carbocycles. The maximum atomic E-state index is 12.0. The van der Waals surface area contributed by atoms with Crippen LogP contribution in [0.4, 0.5) is 0 Å². The summed E-state index contributed by atoms with van der Waals surface area (Å²) in [6.07, 6.45) is -0.898. The largest absolute Gasteiger partial charge is 0.394 e. The van der Waals surface area contributed by atoms with Crippen molar-refractivity contribution in [3.05, 3.63) is 29.8 Å². The first-order chi connectivity index (χ1) is 8.99. The number of nitrogens with one attached hydrogen (secondary N) is 1. The summed E-state index contributed by atoms with van der Waals surface area (Å²) < 4.78 is 23.9. The third kappa shape index (κ3) is 4.96. The van der Waals surface area contributed by atoms with E-state index in [4.69, 9.17) is 15.5 Å². The number of sulfone groups is 1. The normalized spacial score (nSPS) is 12.9. The molecule has 1 unspecified atom stereocenters. The van der Waals surface area contributed by atoms with Crippen LogP contribution in [0.2, 0.25) is 0 Å². The quantitative estimate of drug-likeness (QED) is 0.570. The predicted molar refractivity (Wildman–Crippen MR) is 69.2 cm³/mol. The third-order valence-electron chi connectivity index (χ3n) is 2.46. The van der Waals surface area contributed by atoms with Gasteiger partial charge in [-0.2, -0.15) is 5.26 Å². The van der Waals surface area contributed by atoms with Crippen LogP contribution in [0.15, 0.2) is 29.2 Å². The Bertz CT molecular complexity index is 551. The number of aliphatic hydroxyl groups excluding tert-OH is 2. The van der Waals surface area contributed by atoms with Crippen LogP contribution in [0.3, 0.4) is 0 Å². The van der Waals surface area contributed by atoms with Gasteiger partial charge in [-0.3, -0.25) is 0 Å². The van der Waals surface area contributed by atoms with Gasteiger partial charge in [-0.25, -0.2) is 8.42 Å². The number of aliphatic hydroxyl groups is 2. The fraction of sp³-hybridized carbons (Fsp3) is 0.417. The highest BCUT2D eigenvalue weighted by Gasteiger charge is 2.14. The fourth-order valence-corrected chi connectivity index (χ4v) is 2.66. The molecule has 6 nitrogen and oxygen atoms in total. The maximum absolute atomic E-state index is 12.0. The van der Waals surface area contributed by atoms with E-state index < -0.39 is 15.9 Å². The zero-order valence-electron chi connectivity index (χ0n) is 10.3. The second-order valence-electron chi connectivity index (χ2n) is 4.00. The summed E-state index contributed by atoms with van der Waals surface area (Å²) in [5.41, 5.74) is 0.296. The first-order valence-electron chi connectivity index (χ1n) is 5.72. The molecule has 0 saturated heterocycles. The Kier molecular flexibility index (Phi) is 5.92. The molecule has 0 aliphatic heterocycles. The molecule has 7 heteroatoms. The number of nitrogens with zero attached hydrogens (tertiary/aromatic N) is 1. The van der Waals surface area contributed by atoms with Gasteiger partial charge in [0, 0.05) is 13.1 Å². The highest BCUT2D eigenvalue weighted by atomic mass is 32.2. The molecule has 3 N–H and O–H groups in total. The van der Waals surface area contributed by atoms with Crippen LogP contribution < -0.4 is 5.32 Å². The number of hydrogen-bond donors (Lipinski definition) is 3. The lowest BCUT2D eigenvalue weighted by Crippen LogP contribution is -2.32. The predicted octanol–water partition coefficient (Wildman–Crippen LogP) is -0.725. The van der Waals surface area contributed by atoms with Crippen molar-refractivity contribution in [2.24, 2.45) is 0 Å². The van der Waals surface area contributed by atoms with E-state index in [0.717, 1.165) is 0 Å². The summed E-state index contributed by atoms with van der Waals surface area (Å²) in [5, 5.41) is 29.1. The monoisotopic (exact) mass is 284 g/mol. The number of hydrogen-bond acceptors (Lipinski definition) is 6. The summed E-state index contributed by atoms with van der Waals surface area (Å²) in [6, 6.07) is 7.72. The average molecular weight is 284 g/mol. The van der Waals surface area contributed by atoms with E-state index in [1.165, 1.54) is 24.3 Å². The van der Waals surface area contributed by atoms with Crippen LogP contribution >= 0.6 is 0 Å². The molecule has 19 heavy (non-hydrogen) atoms. The molecule has 0 amide bonds. The Hall–Kier alpha value is -1.46. The number of rotatable bonds is 7. The second-order valence-corrected chi connectivity index (χ2v) is 6.11. The Balaban J connectivity index is 2.59. The standard InChI is InChI=1S/C12H16N2O4S/c13-7-10-2-1-3-12(6-10)19(17,18)5-4-14-8-11(16)9-15/h1-3,6,11,14-16H,4-5,8-9H2. The van der Waals surface area contributed by atoms with Gasteiger partial charge in [0.05, 0.1) is 35.0 Å². The van der Waals surface area contributed by atoms with Crippen molar-refractivity contribution < 1.29 is 18.6 Å². The number of nitriles is 1. The molecule has 104 valence electrons. The minimum Gasteiger partial charge on any atom is -0.394 e. The lowest BCUT2D eigenvalue weighted by Gasteiger charge is -2.09. The van der Waals surface area contributed by atoms with Crippen molar-refractivity contribution in [2.45, 2.75) is 11.0 Å². The molecule has 0 fully saturated rings. The Morgan fingerprint density at radius 2 is 2.16 bits per heavy atom. The summed E-state index contributed by atoms with van der Waals surface area (Å²) in [6.45, 7) is -0.0790. The van der Waals surface area contributed by atoms with Crippen molar-refractivity contribution in [3.8, 4) is 6.07 Å². The summed E-state index contributed by atoms with van der Waals surface area (Å²) >= 11 is 0. The van der Waals surface area contributed by atoms with Gasteiger partial charge in [-0.05, 0) is 18.2 Å². The van der Waals surface area contributed by atoms with Gasteiger partial charge in [0.1, 0.15) is 0 Å². The summed E-state index contributed by atoms with van der Waals surface area (Å²) in [7, 11) is -3.46. The lowest BCUT2D eigenvalue weighted by atomic mass is 10.2. The molecule has 0 aliphatic rings. The van der Waals surface area contributed by atoms with Gasteiger partial charge in [0.2, 0.25) is 0 Å². The van der Waals surface area contributed by atoms with Gasteiger partial charge in [-0.15, -0.1) is 0 Å². The minimum absolute atomic E-state index is 0.107. The van der Waals surface area contributed by atoms with E-state index in [-0.39, 0.29) is 30.3 Å². The molecule has 0 heterocycles. The van der Waals surface area contributed by atoms with Crippen LogP contribution in [-0.2, 0) is 9.84 Å². The minimum atomic E-state index is -3.46. The van der Waals surface area contributed by atoms with E-state index >= 15 is 0 Å². The highest BCUT2D eigenvalue weighted by molar-refractivity contribution is 7.91. The lowest BCUT2D eigenvalue weighted by molar-refractivity contribution is 0.0950. The van der Waals surface area contributed by atoms with Gasteiger partial charge in [-0.1, -0.05) is 6.07 Å². The molecule has 0 radical (unpaired) electrons. The molecule has 1 rings (SSSR count). The van der Waals surface area contributed by atoms with E-state index in [1.807, 2.05) is 6.07 Å². The Labute approximate surface area is 112 Å². The molecular weight excluding hydrogens is 268 g/mol. The van der Waals surface area contributed by atoms with Crippen LogP contribution in [0.25, 0.3) is 0 Å². The van der Waals surface area contributed by atoms with E-state index in [9.17, 15) is 8.42 Å². The van der Waals surface area contributed by atoms with Crippen molar-refractivity contribution in [2.75, 3.05) is 25.4 Å². The Morgan fingerprint density at radius 3 is 2.79 bits per heavy atom. The van der Waals surface area contributed by atoms with Crippen molar-refractivity contribution in [1.82, 2.24) is 5.32 Å². The van der Waals surface area contributed by atoms with Gasteiger partial charge < -0.3 is 15.5 Å². The summed E-state index contributed by atoms with van der Waals surface area (Å²) in [5.74, 6) is -0.139. The van der Waals surface area contributed by atoms with Gasteiger partial charge >= 0.3 is 0 Å². The topological polar surface area (TPSA) is 110 Å². The fourth-order valence-electron chi connectivity index (χ4n) is 1.42. The molecule has 1 atom stereocenters. The molecule has 1 aromatic rings. The molecule has 0 aromatic heterocycles. The SMILES string of the molecule is N#Cc1cccc(S(=O)(=O)CCNCC(O)CO)c1.